The molecule has 3 aromatic carbocycles. The third-order valence-corrected chi connectivity index (χ3v) is 6.36. The van der Waals surface area contributed by atoms with Gasteiger partial charge in [-0.05, 0) is 67.1 Å². The number of carboxylic acids is 1. The first-order chi connectivity index (χ1) is 18.4. The van der Waals surface area contributed by atoms with Crippen LogP contribution < -0.4 is 5.32 Å². The van der Waals surface area contributed by atoms with Crippen molar-refractivity contribution in [1.29, 1.82) is 0 Å². The standard InChI is InChI=1S/C29H28ClN3O3.C2H6/c1-2-19-7-3-4-8-22(19)18-31-29(36)21-13-16-24-26(17-21)32-25(9-5-6-10-27(34)35)28(33-24)20-11-14-23(30)15-12-20;1-2/h3-4,7-8,11-17H,2,5-6,9-10,18H2,1H3,(H,31,36)(H,34,35);1-2H3. The van der Waals surface area contributed by atoms with E-state index in [2.05, 4.69) is 18.3 Å². The van der Waals surface area contributed by atoms with E-state index in [-0.39, 0.29) is 12.3 Å². The fraction of sp³-hybridized carbons (Fsp3) is 0.290. The molecule has 1 amide bonds. The highest BCUT2D eigenvalue weighted by Crippen LogP contribution is 2.26. The Kier molecular flexibility index (Phi) is 10.8. The van der Waals surface area contributed by atoms with Crippen LogP contribution in [-0.4, -0.2) is 27.0 Å². The van der Waals surface area contributed by atoms with Crippen LogP contribution in [0.15, 0.2) is 66.7 Å². The highest BCUT2D eigenvalue weighted by atomic mass is 35.5. The molecule has 38 heavy (non-hydrogen) atoms. The van der Waals surface area contributed by atoms with E-state index in [0.29, 0.717) is 47.4 Å². The molecular weight excluding hydrogens is 498 g/mol. The Morgan fingerprint density at radius 2 is 1.61 bits per heavy atom. The van der Waals surface area contributed by atoms with Gasteiger partial charge in [-0.15, -0.1) is 0 Å². The van der Waals surface area contributed by atoms with Gasteiger partial charge in [0, 0.05) is 29.1 Å². The summed E-state index contributed by atoms with van der Waals surface area (Å²) in [5, 5.41) is 12.6. The molecule has 4 rings (SSSR count). The van der Waals surface area contributed by atoms with E-state index in [4.69, 9.17) is 26.7 Å². The number of unbranched alkanes of at least 4 members (excludes halogenated alkanes) is 1. The second-order valence-corrected chi connectivity index (χ2v) is 9.07. The van der Waals surface area contributed by atoms with Crippen LogP contribution in [0.2, 0.25) is 5.02 Å². The number of hydrogen-bond donors (Lipinski definition) is 2. The van der Waals surface area contributed by atoms with Crippen LogP contribution in [-0.2, 0) is 24.2 Å². The van der Waals surface area contributed by atoms with E-state index in [9.17, 15) is 9.59 Å². The maximum absolute atomic E-state index is 12.9. The zero-order valence-electron chi connectivity index (χ0n) is 22.1. The molecule has 0 spiro atoms. The maximum Gasteiger partial charge on any atom is 0.303 e. The molecule has 0 saturated heterocycles. The van der Waals surface area contributed by atoms with Gasteiger partial charge in [0.05, 0.1) is 22.4 Å². The van der Waals surface area contributed by atoms with Gasteiger partial charge < -0.3 is 10.4 Å². The minimum Gasteiger partial charge on any atom is -0.481 e. The van der Waals surface area contributed by atoms with Gasteiger partial charge in [-0.3, -0.25) is 9.59 Å². The molecule has 0 atom stereocenters. The number of nitrogens with zero attached hydrogens (tertiary/aromatic N) is 2. The predicted molar refractivity (Wildman–Crippen MR) is 154 cm³/mol. The smallest absolute Gasteiger partial charge is 0.303 e. The van der Waals surface area contributed by atoms with E-state index in [1.807, 2.05) is 50.2 Å². The van der Waals surface area contributed by atoms with Gasteiger partial charge in [-0.2, -0.15) is 0 Å². The molecule has 0 aliphatic carbocycles. The van der Waals surface area contributed by atoms with Crippen LogP contribution >= 0.6 is 11.6 Å². The van der Waals surface area contributed by atoms with Crippen molar-refractivity contribution >= 4 is 34.5 Å². The molecule has 0 radical (unpaired) electrons. The molecule has 1 aromatic heterocycles. The lowest BCUT2D eigenvalue weighted by Crippen LogP contribution is -2.23. The van der Waals surface area contributed by atoms with E-state index in [0.717, 1.165) is 28.9 Å². The van der Waals surface area contributed by atoms with Crippen LogP contribution in [0.1, 0.15) is 67.2 Å². The van der Waals surface area contributed by atoms with Crippen molar-refractivity contribution in [1.82, 2.24) is 15.3 Å². The SMILES string of the molecule is CC.CCc1ccccc1CNC(=O)c1ccc2nc(-c3ccc(Cl)cc3)c(CCCCC(=O)O)nc2c1. The summed E-state index contributed by atoms with van der Waals surface area (Å²) in [6, 6.07) is 20.8. The summed E-state index contributed by atoms with van der Waals surface area (Å²) in [7, 11) is 0. The highest BCUT2D eigenvalue weighted by molar-refractivity contribution is 6.30. The van der Waals surface area contributed by atoms with Gasteiger partial charge >= 0.3 is 5.97 Å². The Hall–Kier alpha value is -3.77. The lowest BCUT2D eigenvalue weighted by atomic mass is 10.0. The summed E-state index contributed by atoms with van der Waals surface area (Å²) >= 11 is 6.07. The number of rotatable bonds is 10. The van der Waals surface area contributed by atoms with Crippen molar-refractivity contribution in [2.24, 2.45) is 0 Å². The highest BCUT2D eigenvalue weighted by Gasteiger charge is 2.14. The Labute approximate surface area is 229 Å². The average Bonchev–Trinajstić information content (AvgIpc) is 2.95. The topological polar surface area (TPSA) is 92.2 Å². The summed E-state index contributed by atoms with van der Waals surface area (Å²) in [4.78, 5) is 33.5. The average molecular weight is 532 g/mol. The molecule has 0 fully saturated rings. The van der Waals surface area contributed by atoms with Gasteiger partial charge in [0.15, 0.2) is 0 Å². The minimum atomic E-state index is -0.810. The zero-order chi connectivity index (χ0) is 27.5. The van der Waals surface area contributed by atoms with Crippen molar-refractivity contribution in [2.75, 3.05) is 0 Å². The summed E-state index contributed by atoms with van der Waals surface area (Å²) in [5.74, 6) is -0.982. The molecule has 1 heterocycles. The lowest BCUT2D eigenvalue weighted by Gasteiger charge is -2.12. The number of halogens is 1. The van der Waals surface area contributed by atoms with Crippen molar-refractivity contribution in [3.05, 3.63) is 94.1 Å². The third-order valence-electron chi connectivity index (χ3n) is 6.11. The molecular formula is C31H34ClN3O3. The molecule has 7 heteroatoms. The van der Waals surface area contributed by atoms with Crippen molar-refractivity contribution in [2.45, 2.75) is 59.4 Å². The Morgan fingerprint density at radius 3 is 2.29 bits per heavy atom. The normalized spacial score (nSPS) is 10.5. The number of aromatic nitrogens is 2. The largest absolute Gasteiger partial charge is 0.481 e. The van der Waals surface area contributed by atoms with Gasteiger partial charge in [0.2, 0.25) is 0 Å². The van der Waals surface area contributed by atoms with E-state index in [1.54, 1.807) is 24.3 Å². The van der Waals surface area contributed by atoms with Gasteiger partial charge in [0.1, 0.15) is 0 Å². The van der Waals surface area contributed by atoms with Crippen LogP contribution in [0.3, 0.4) is 0 Å². The number of carbonyl (C=O) groups excluding carboxylic acids is 1. The number of aliphatic carboxylic acids is 1. The molecule has 0 aliphatic rings. The van der Waals surface area contributed by atoms with Crippen LogP contribution in [0.5, 0.6) is 0 Å². The summed E-state index contributed by atoms with van der Waals surface area (Å²) in [5.41, 5.74) is 6.53. The number of benzene rings is 3. The van der Waals surface area contributed by atoms with Crippen molar-refractivity contribution < 1.29 is 14.7 Å². The van der Waals surface area contributed by atoms with Crippen LogP contribution in [0.25, 0.3) is 22.3 Å². The van der Waals surface area contributed by atoms with Gasteiger partial charge in [-0.25, -0.2) is 9.97 Å². The molecule has 0 saturated carbocycles. The second-order valence-electron chi connectivity index (χ2n) is 8.64. The fourth-order valence-electron chi connectivity index (χ4n) is 4.17. The molecule has 2 N–H and O–H groups in total. The number of amides is 1. The van der Waals surface area contributed by atoms with E-state index >= 15 is 0 Å². The first-order valence-electron chi connectivity index (χ1n) is 13.1. The Morgan fingerprint density at radius 1 is 0.895 bits per heavy atom. The fourth-order valence-corrected chi connectivity index (χ4v) is 4.29. The number of carbonyl (C=O) groups is 2. The summed E-state index contributed by atoms with van der Waals surface area (Å²) in [6.45, 7) is 6.55. The van der Waals surface area contributed by atoms with E-state index < -0.39 is 5.97 Å². The van der Waals surface area contributed by atoms with Crippen LogP contribution in [0, 0.1) is 0 Å². The minimum absolute atomic E-state index is 0.114. The van der Waals surface area contributed by atoms with E-state index in [1.165, 1.54) is 5.56 Å². The molecule has 0 bridgehead atoms. The molecule has 6 nitrogen and oxygen atoms in total. The first kappa shape index (κ1) is 28.8. The quantitative estimate of drug-likeness (QED) is 0.210. The van der Waals surface area contributed by atoms with Gasteiger partial charge in [0.25, 0.3) is 5.91 Å². The monoisotopic (exact) mass is 531 g/mol. The Bertz CT molecular complexity index is 1390. The molecule has 0 unspecified atom stereocenters. The molecule has 198 valence electrons. The maximum atomic E-state index is 12.9. The second kappa shape index (κ2) is 14.2. The number of nitrogens with one attached hydrogen (secondary N) is 1. The Balaban J connectivity index is 0.00000195. The third kappa shape index (κ3) is 7.62. The number of aryl methyl sites for hydroxylation is 2. The first-order valence-corrected chi connectivity index (χ1v) is 13.5. The number of hydrogen-bond acceptors (Lipinski definition) is 4. The summed E-state index contributed by atoms with van der Waals surface area (Å²) < 4.78 is 0. The van der Waals surface area contributed by atoms with Gasteiger partial charge in [-0.1, -0.05) is 68.8 Å². The van der Waals surface area contributed by atoms with Crippen molar-refractivity contribution in [3.63, 3.8) is 0 Å². The zero-order valence-corrected chi connectivity index (χ0v) is 22.9. The number of carboxylic acid groups (broad SMARTS) is 1. The summed E-state index contributed by atoms with van der Waals surface area (Å²) in [6.07, 6.45) is 2.82. The lowest BCUT2D eigenvalue weighted by molar-refractivity contribution is -0.137. The number of fused-ring (bicyclic) bond motifs is 1. The van der Waals surface area contributed by atoms with Crippen molar-refractivity contribution in [3.8, 4) is 11.3 Å². The molecule has 4 aromatic rings. The van der Waals surface area contributed by atoms with Crippen LogP contribution in [0.4, 0.5) is 0 Å². The predicted octanol–water partition coefficient (Wildman–Crippen LogP) is 7.27. The molecule has 0 aliphatic heterocycles.